The molecule has 1 aliphatic rings. The summed E-state index contributed by atoms with van der Waals surface area (Å²) in [6, 6.07) is 13.9. The molecule has 2 aromatic rings. The van der Waals surface area contributed by atoms with Crippen LogP contribution in [0.15, 0.2) is 42.5 Å². The normalized spacial score (nSPS) is 17.9. The predicted molar refractivity (Wildman–Crippen MR) is 78.9 cm³/mol. The Morgan fingerprint density at radius 1 is 1.11 bits per heavy atom. The van der Waals surface area contributed by atoms with E-state index >= 15 is 0 Å². The number of nitrogens with one attached hydrogen (secondary N) is 1. The minimum Gasteiger partial charge on any atom is -0.375 e. The lowest BCUT2D eigenvalue weighted by Gasteiger charge is -2.27. The van der Waals surface area contributed by atoms with E-state index in [2.05, 4.69) is 17.4 Å². The topological polar surface area (TPSA) is 21.3 Å². The van der Waals surface area contributed by atoms with Crippen LogP contribution in [-0.2, 0) is 11.3 Å². The first kappa shape index (κ1) is 12.8. The quantitative estimate of drug-likeness (QED) is 0.868. The van der Waals surface area contributed by atoms with E-state index in [9.17, 15) is 0 Å². The third-order valence-electron chi connectivity index (χ3n) is 3.23. The zero-order valence-corrected chi connectivity index (χ0v) is 11.7. The molecule has 0 saturated carbocycles. The van der Waals surface area contributed by atoms with Crippen molar-refractivity contribution in [1.82, 2.24) is 0 Å². The summed E-state index contributed by atoms with van der Waals surface area (Å²) in [7, 11) is 0. The van der Waals surface area contributed by atoms with Gasteiger partial charge >= 0.3 is 0 Å². The Morgan fingerprint density at radius 2 is 1.95 bits per heavy atom. The Kier molecular flexibility index (Phi) is 3.65. The van der Waals surface area contributed by atoms with Gasteiger partial charge in [0.2, 0.25) is 0 Å². The second-order valence-electron chi connectivity index (χ2n) is 4.54. The molecule has 0 amide bonds. The molecule has 0 radical (unpaired) electrons. The molecule has 1 atom stereocenters. The molecule has 0 aliphatic carbocycles. The molecule has 1 N–H and O–H groups in total. The Morgan fingerprint density at radius 3 is 2.79 bits per heavy atom. The van der Waals surface area contributed by atoms with Gasteiger partial charge in [-0.2, -0.15) is 0 Å². The molecule has 0 saturated heterocycles. The number of rotatable bonds is 2. The maximum Gasteiger partial charge on any atom is 0.0751 e. The Bertz CT molecular complexity index is 600. The molecule has 0 spiro atoms. The molecule has 4 heteroatoms. The first-order valence-electron chi connectivity index (χ1n) is 6.11. The molecule has 19 heavy (non-hydrogen) atoms. The van der Waals surface area contributed by atoms with E-state index in [1.807, 2.05) is 24.3 Å². The summed E-state index contributed by atoms with van der Waals surface area (Å²) in [5.74, 6) is 0. The van der Waals surface area contributed by atoms with Crippen LogP contribution in [0.4, 0.5) is 5.69 Å². The molecule has 0 fully saturated rings. The van der Waals surface area contributed by atoms with Crippen LogP contribution in [0, 0.1) is 0 Å². The number of fused-ring (bicyclic) bond motifs is 1. The van der Waals surface area contributed by atoms with Gasteiger partial charge in [0, 0.05) is 5.02 Å². The maximum atomic E-state index is 6.19. The number of halogens is 2. The van der Waals surface area contributed by atoms with Crippen LogP contribution in [0.25, 0.3) is 0 Å². The van der Waals surface area contributed by atoms with Gasteiger partial charge in [-0.3, -0.25) is 0 Å². The summed E-state index contributed by atoms with van der Waals surface area (Å²) in [4.78, 5) is 0. The highest BCUT2D eigenvalue weighted by atomic mass is 35.5. The predicted octanol–water partition coefficient (Wildman–Crippen LogP) is 4.68. The average Bonchev–Trinajstić information content (AvgIpc) is 2.42. The van der Waals surface area contributed by atoms with Crippen LogP contribution in [0.1, 0.15) is 17.2 Å². The molecule has 2 nitrogen and oxygen atoms in total. The Hall–Kier alpha value is -1.22. The third-order valence-corrected chi connectivity index (χ3v) is 3.78. The first-order valence-corrected chi connectivity index (χ1v) is 6.87. The van der Waals surface area contributed by atoms with Crippen LogP contribution in [0.5, 0.6) is 0 Å². The summed E-state index contributed by atoms with van der Waals surface area (Å²) in [6.07, 6.45) is 0. The summed E-state index contributed by atoms with van der Waals surface area (Å²) in [5.41, 5.74) is 3.35. The van der Waals surface area contributed by atoms with Gasteiger partial charge in [-0.1, -0.05) is 47.5 Å². The van der Waals surface area contributed by atoms with Crippen LogP contribution in [-0.4, -0.2) is 6.61 Å². The van der Waals surface area contributed by atoms with Crippen molar-refractivity contribution >= 4 is 28.9 Å². The monoisotopic (exact) mass is 293 g/mol. The van der Waals surface area contributed by atoms with E-state index in [1.54, 1.807) is 6.07 Å². The van der Waals surface area contributed by atoms with E-state index in [0.717, 1.165) is 5.69 Å². The Balaban J connectivity index is 1.88. The molecule has 1 unspecified atom stereocenters. The van der Waals surface area contributed by atoms with Gasteiger partial charge in [0.15, 0.2) is 0 Å². The van der Waals surface area contributed by atoms with Gasteiger partial charge in [0.25, 0.3) is 0 Å². The van der Waals surface area contributed by atoms with E-state index in [0.29, 0.717) is 23.3 Å². The van der Waals surface area contributed by atoms with E-state index in [4.69, 9.17) is 27.9 Å². The standard InChI is InChI=1S/C15H13Cl2NO/c16-11-5-6-14(13(17)7-11)18-15-9-19-8-10-3-1-2-4-12(10)15/h1-7,15,18H,8-9H2. The molecule has 2 aromatic carbocycles. The Labute approximate surface area is 122 Å². The van der Waals surface area contributed by atoms with Gasteiger partial charge in [-0.25, -0.2) is 0 Å². The van der Waals surface area contributed by atoms with Crippen molar-refractivity contribution in [1.29, 1.82) is 0 Å². The number of anilines is 1. The number of ether oxygens (including phenoxy) is 1. The molecule has 3 rings (SSSR count). The largest absolute Gasteiger partial charge is 0.375 e. The zero-order chi connectivity index (χ0) is 13.2. The summed E-state index contributed by atoms with van der Waals surface area (Å²) >= 11 is 12.1. The fourth-order valence-electron chi connectivity index (χ4n) is 2.30. The first-order chi connectivity index (χ1) is 9.24. The molecule has 0 bridgehead atoms. The smallest absolute Gasteiger partial charge is 0.0751 e. The number of hydrogen-bond acceptors (Lipinski definition) is 2. The molecule has 1 heterocycles. The molecule has 0 aromatic heterocycles. The van der Waals surface area contributed by atoms with Crippen molar-refractivity contribution < 1.29 is 4.74 Å². The van der Waals surface area contributed by atoms with Crippen molar-refractivity contribution in [2.24, 2.45) is 0 Å². The minimum absolute atomic E-state index is 0.114. The zero-order valence-electron chi connectivity index (χ0n) is 10.2. The molecular weight excluding hydrogens is 281 g/mol. The van der Waals surface area contributed by atoms with Crippen LogP contribution in [0.2, 0.25) is 10.0 Å². The van der Waals surface area contributed by atoms with Crippen LogP contribution in [0.3, 0.4) is 0 Å². The lowest BCUT2D eigenvalue weighted by molar-refractivity contribution is 0.0970. The highest BCUT2D eigenvalue weighted by Gasteiger charge is 2.20. The molecule has 98 valence electrons. The van der Waals surface area contributed by atoms with Crippen molar-refractivity contribution in [3.63, 3.8) is 0 Å². The lowest BCUT2D eigenvalue weighted by atomic mass is 9.99. The van der Waals surface area contributed by atoms with Crippen molar-refractivity contribution in [3.8, 4) is 0 Å². The summed E-state index contributed by atoms with van der Waals surface area (Å²) < 4.78 is 5.61. The van der Waals surface area contributed by atoms with Crippen molar-refractivity contribution in [2.45, 2.75) is 12.6 Å². The minimum atomic E-state index is 0.114. The summed E-state index contributed by atoms with van der Waals surface area (Å²) in [5, 5.41) is 4.67. The van der Waals surface area contributed by atoms with Gasteiger partial charge in [-0.15, -0.1) is 0 Å². The lowest BCUT2D eigenvalue weighted by Crippen LogP contribution is -2.23. The van der Waals surface area contributed by atoms with Crippen molar-refractivity contribution in [2.75, 3.05) is 11.9 Å². The molecule has 1 aliphatic heterocycles. The average molecular weight is 294 g/mol. The molecular formula is C15H13Cl2NO. The SMILES string of the molecule is Clc1ccc(NC2COCc3ccccc32)c(Cl)c1. The van der Waals surface area contributed by atoms with Crippen LogP contribution >= 0.6 is 23.2 Å². The number of hydrogen-bond donors (Lipinski definition) is 1. The van der Waals surface area contributed by atoms with E-state index in [-0.39, 0.29) is 6.04 Å². The second kappa shape index (κ2) is 5.41. The van der Waals surface area contributed by atoms with E-state index in [1.165, 1.54) is 11.1 Å². The maximum absolute atomic E-state index is 6.19. The third kappa shape index (κ3) is 2.71. The fourth-order valence-corrected chi connectivity index (χ4v) is 2.76. The highest BCUT2D eigenvalue weighted by molar-refractivity contribution is 6.36. The fraction of sp³-hybridized carbons (Fsp3) is 0.200. The van der Waals surface area contributed by atoms with Gasteiger partial charge < -0.3 is 10.1 Å². The number of benzene rings is 2. The summed E-state index contributed by atoms with van der Waals surface area (Å²) in [6.45, 7) is 1.30. The highest BCUT2D eigenvalue weighted by Crippen LogP contribution is 2.32. The van der Waals surface area contributed by atoms with Crippen LogP contribution < -0.4 is 5.32 Å². The van der Waals surface area contributed by atoms with E-state index < -0.39 is 0 Å². The second-order valence-corrected chi connectivity index (χ2v) is 5.38. The van der Waals surface area contributed by atoms with Crippen molar-refractivity contribution in [3.05, 3.63) is 63.6 Å². The van der Waals surface area contributed by atoms with Gasteiger partial charge in [-0.05, 0) is 29.3 Å². The van der Waals surface area contributed by atoms with Gasteiger partial charge in [0.05, 0.1) is 30.0 Å². The van der Waals surface area contributed by atoms with Gasteiger partial charge in [0.1, 0.15) is 0 Å².